The van der Waals surface area contributed by atoms with Gasteiger partial charge in [-0.25, -0.2) is 4.98 Å². The third-order valence-electron chi connectivity index (χ3n) is 2.61. The lowest BCUT2D eigenvalue weighted by molar-refractivity contribution is 0.420. The van der Waals surface area contributed by atoms with Crippen molar-refractivity contribution in [2.75, 3.05) is 0 Å². The van der Waals surface area contributed by atoms with E-state index in [1.54, 1.807) is 12.5 Å². The van der Waals surface area contributed by atoms with Crippen molar-refractivity contribution in [1.29, 1.82) is 0 Å². The molecule has 0 unspecified atom stereocenters. The number of aromatic nitrogens is 1. The van der Waals surface area contributed by atoms with Gasteiger partial charge in [0.25, 0.3) is 0 Å². The summed E-state index contributed by atoms with van der Waals surface area (Å²) in [7, 11) is 0. The molecule has 0 saturated heterocycles. The van der Waals surface area contributed by atoms with Crippen LogP contribution in [0.1, 0.15) is 38.0 Å². The molecule has 70 valence electrons. The Morgan fingerprint density at radius 3 is 2.85 bits per heavy atom. The van der Waals surface area contributed by atoms with Gasteiger partial charge in [0.15, 0.2) is 0 Å². The van der Waals surface area contributed by atoms with Crippen LogP contribution in [0.4, 0.5) is 0 Å². The van der Waals surface area contributed by atoms with E-state index in [2.05, 4.69) is 11.1 Å². The summed E-state index contributed by atoms with van der Waals surface area (Å²) in [4.78, 5) is 4.05. The summed E-state index contributed by atoms with van der Waals surface area (Å²) >= 11 is 0. The first-order valence-corrected chi connectivity index (χ1v) is 5.03. The second-order valence-electron chi connectivity index (χ2n) is 3.63. The van der Waals surface area contributed by atoms with Crippen LogP contribution in [0.15, 0.2) is 23.0 Å². The Morgan fingerprint density at radius 1 is 1.31 bits per heavy atom. The van der Waals surface area contributed by atoms with Crippen LogP contribution < -0.4 is 0 Å². The SMILES string of the molecule is C(=C\C1CCCCC1)/c1ncco1. The van der Waals surface area contributed by atoms with E-state index in [0.29, 0.717) is 0 Å². The van der Waals surface area contributed by atoms with Crippen LogP contribution in [0.3, 0.4) is 0 Å². The minimum Gasteiger partial charge on any atom is -0.445 e. The largest absolute Gasteiger partial charge is 0.445 e. The first-order valence-electron chi connectivity index (χ1n) is 5.03. The molecule has 0 aliphatic heterocycles. The number of nitrogens with zero attached hydrogens (tertiary/aromatic N) is 1. The quantitative estimate of drug-likeness (QED) is 0.693. The lowest BCUT2D eigenvalue weighted by Crippen LogP contribution is -2.02. The molecule has 1 aliphatic rings. The van der Waals surface area contributed by atoms with Crippen LogP contribution in [-0.4, -0.2) is 4.98 Å². The Labute approximate surface area is 78.7 Å². The molecule has 13 heavy (non-hydrogen) atoms. The maximum absolute atomic E-state index is 5.13. The van der Waals surface area contributed by atoms with Crippen LogP contribution in [0.25, 0.3) is 6.08 Å². The second kappa shape index (κ2) is 4.26. The molecule has 1 heterocycles. The molecule has 0 N–H and O–H groups in total. The highest BCUT2D eigenvalue weighted by Crippen LogP contribution is 2.24. The Bertz CT molecular complexity index is 258. The Morgan fingerprint density at radius 2 is 2.15 bits per heavy atom. The van der Waals surface area contributed by atoms with Crippen molar-refractivity contribution in [3.8, 4) is 0 Å². The monoisotopic (exact) mass is 177 g/mol. The third-order valence-corrected chi connectivity index (χ3v) is 2.61. The van der Waals surface area contributed by atoms with E-state index in [0.717, 1.165) is 11.8 Å². The zero-order valence-electron chi connectivity index (χ0n) is 7.78. The number of rotatable bonds is 2. The second-order valence-corrected chi connectivity index (χ2v) is 3.63. The van der Waals surface area contributed by atoms with E-state index in [9.17, 15) is 0 Å². The van der Waals surface area contributed by atoms with E-state index >= 15 is 0 Å². The van der Waals surface area contributed by atoms with Crippen LogP contribution in [0.2, 0.25) is 0 Å². The summed E-state index contributed by atoms with van der Waals surface area (Å²) in [6, 6.07) is 0. The molecule has 0 bridgehead atoms. The molecule has 1 fully saturated rings. The lowest BCUT2D eigenvalue weighted by Gasteiger charge is -2.17. The van der Waals surface area contributed by atoms with E-state index in [1.807, 2.05) is 6.08 Å². The standard InChI is InChI=1S/C11H15NO/c1-2-4-10(5-3-1)6-7-11-12-8-9-13-11/h6-10H,1-5H2/b7-6+. The summed E-state index contributed by atoms with van der Waals surface area (Å²) in [5, 5.41) is 0. The number of allylic oxidation sites excluding steroid dienone is 1. The summed E-state index contributed by atoms with van der Waals surface area (Å²) in [5.41, 5.74) is 0. The summed E-state index contributed by atoms with van der Waals surface area (Å²) < 4.78 is 5.13. The molecule has 0 atom stereocenters. The molecule has 2 nitrogen and oxygen atoms in total. The average molecular weight is 177 g/mol. The van der Waals surface area contributed by atoms with E-state index in [4.69, 9.17) is 4.42 Å². The van der Waals surface area contributed by atoms with Crippen molar-refractivity contribution >= 4 is 6.08 Å². The van der Waals surface area contributed by atoms with Gasteiger partial charge in [0, 0.05) is 0 Å². The predicted octanol–water partition coefficient (Wildman–Crippen LogP) is 3.27. The van der Waals surface area contributed by atoms with Crippen molar-refractivity contribution < 1.29 is 4.42 Å². The maximum atomic E-state index is 5.13. The van der Waals surface area contributed by atoms with Crippen LogP contribution >= 0.6 is 0 Å². The van der Waals surface area contributed by atoms with Crippen LogP contribution in [-0.2, 0) is 0 Å². The molecular weight excluding hydrogens is 162 g/mol. The van der Waals surface area contributed by atoms with Gasteiger partial charge in [-0.15, -0.1) is 0 Å². The fourth-order valence-electron chi connectivity index (χ4n) is 1.86. The van der Waals surface area contributed by atoms with Gasteiger partial charge in [-0.2, -0.15) is 0 Å². The first-order chi connectivity index (χ1) is 6.45. The van der Waals surface area contributed by atoms with Gasteiger partial charge in [0.1, 0.15) is 6.26 Å². The molecule has 1 aromatic heterocycles. The molecule has 0 aromatic carbocycles. The molecule has 0 spiro atoms. The highest BCUT2D eigenvalue weighted by atomic mass is 16.3. The maximum Gasteiger partial charge on any atom is 0.218 e. The third kappa shape index (κ3) is 2.44. The highest BCUT2D eigenvalue weighted by Gasteiger charge is 2.09. The molecule has 2 heteroatoms. The molecule has 1 aromatic rings. The van der Waals surface area contributed by atoms with Crippen LogP contribution in [0, 0.1) is 5.92 Å². The van der Waals surface area contributed by atoms with Gasteiger partial charge in [0.05, 0.1) is 6.20 Å². The van der Waals surface area contributed by atoms with Crippen molar-refractivity contribution in [2.24, 2.45) is 5.92 Å². The van der Waals surface area contributed by atoms with Gasteiger partial charge < -0.3 is 4.42 Å². The van der Waals surface area contributed by atoms with Gasteiger partial charge in [0.2, 0.25) is 5.89 Å². The van der Waals surface area contributed by atoms with Crippen molar-refractivity contribution in [1.82, 2.24) is 4.98 Å². The van der Waals surface area contributed by atoms with Gasteiger partial charge in [-0.05, 0) is 24.8 Å². The molecule has 1 saturated carbocycles. The van der Waals surface area contributed by atoms with Gasteiger partial charge in [-0.1, -0.05) is 25.3 Å². The average Bonchev–Trinajstić information content (AvgIpc) is 2.69. The van der Waals surface area contributed by atoms with Crippen molar-refractivity contribution in [3.63, 3.8) is 0 Å². The minimum absolute atomic E-state index is 0.727. The van der Waals surface area contributed by atoms with Gasteiger partial charge in [-0.3, -0.25) is 0 Å². The van der Waals surface area contributed by atoms with Crippen molar-refractivity contribution in [2.45, 2.75) is 32.1 Å². The fraction of sp³-hybridized carbons (Fsp3) is 0.545. The zero-order valence-corrected chi connectivity index (χ0v) is 7.78. The van der Waals surface area contributed by atoms with E-state index < -0.39 is 0 Å². The molecule has 0 amide bonds. The zero-order chi connectivity index (χ0) is 8.93. The number of hydrogen-bond donors (Lipinski definition) is 0. The molecule has 1 aliphatic carbocycles. The van der Waals surface area contributed by atoms with E-state index in [-0.39, 0.29) is 0 Å². The Balaban J connectivity index is 1.89. The van der Waals surface area contributed by atoms with Gasteiger partial charge >= 0.3 is 0 Å². The molecule has 0 radical (unpaired) electrons. The number of oxazole rings is 1. The molecule has 2 rings (SSSR count). The summed E-state index contributed by atoms with van der Waals surface area (Å²) in [6.07, 6.45) is 14.3. The Kier molecular flexibility index (Phi) is 2.80. The minimum atomic E-state index is 0.727. The lowest BCUT2D eigenvalue weighted by atomic mass is 9.89. The molecular formula is C11H15NO. The number of hydrogen-bond acceptors (Lipinski definition) is 2. The highest BCUT2D eigenvalue weighted by molar-refractivity contribution is 5.37. The topological polar surface area (TPSA) is 26.0 Å². The van der Waals surface area contributed by atoms with Crippen LogP contribution in [0.5, 0.6) is 0 Å². The first kappa shape index (κ1) is 8.54. The summed E-state index contributed by atoms with van der Waals surface area (Å²) in [6.45, 7) is 0. The smallest absolute Gasteiger partial charge is 0.218 e. The predicted molar refractivity (Wildman–Crippen MR) is 52.1 cm³/mol. The Hall–Kier alpha value is -1.05. The fourth-order valence-corrected chi connectivity index (χ4v) is 1.86. The van der Waals surface area contributed by atoms with E-state index in [1.165, 1.54) is 32.1 Å². The summed E-state index contributed by atoms with van der Waals surface area (Å²) in [5.74, 6) is 1.48. The normalized spacial score (nSPS) is 19.7. The van der Waals surface area contributed by atoms with Crippen molar-refractivity contribution in [3.05, 3.63) is 24.4 Å².